The van der Waals surface area contributed by atoms with Crippen molar-refractivity contribution in [3.05, 3.63) is 18.0 Å². The molecular formula is C13H21N3O2. The van der Waals surface area contributed by atoms with Gasteiger partial charge in [0.25, 0.3) is 0 Å². The van der Waals surface area contributed by atoms with Crippen molar-refractivity contribution >= 4 is 5.97 Å². The van der Waals surface area contributed by atoms with Gasteiger partial charge in [0.05, 0.1) is 5.69 Å². The van der Waals surface area contributed by atoms with Gasteiger partial charge in [-0.2, -0.15) is 5.10 Å². The summed E-state index contributed by atoms with van der Waals surface area (Å²) in [4.78, 5) is 13.0. The van der Waals surface area contributed by atoms with Crippen molar-refractivity contribution < 1.29 is 9.90 Å². The number of aryl methyl sites for hydroxylation is 1. The van der Waals surface area contributed by atoms with Gasteiger partial charge in [-0.1, -0.05) is 0 Å². The lowest BCUT2D eigenvalue weighted by molar-refractivity contribution is -0.137. The van der Waals surface area contributed by atoms with Gasteiger partial charge >= 0.3 is 5.97 Å². The molecule has 5 heteroatoms. The Balaban J connectivity index is 1.80. The molecule has 2 heterocycles. The van der Waals surface area contributed by atoms with Crippen LogP contribution in [0.25, 0.3) is 0 Å². The molecule has 5 nitrogen and oxygen atoms in total. The van der Waals surface area contributed by atoms with Gasteiger partial charge in [0.1, 0.15) is 0 Å². The van der Waals surface area contributed by atoms with Crippen LogP contribution >= 0.6 is 0 Å². The molecule has 1 saturated heterocycles. The van der Waals surface area contributed by atoms with E-state index in [2.05, 4.69) is 23.0 Å². The molecule has 0 aromatic carbocycles. The highest BCUT2D eigenvalue weighted by molar-refractivity contribution is 5.66. The Morgan fingerprint density at radius 3 is 3.17 bits per heavy atom. The molecule has 1 unspecified atom stereocenters. The number of carboxylic acid groups (broad SMARTS) is 1. The summed E-state index contributed by atoms with van der Waals surface area (Å²) in [5.74, 6) is -0.142. The van der Waals surface area contributed by atoms with Gasteiger partial charge in [-0.15, -0.1) is 0 Å². The highest BCUT2D eigenvalue weighted by atomic mass is 16.4. The number of hydrogen-bond acceptors (Lipinski definition) is 3. The summed E-state index contributed by atoms with van der Waals surface area (Å²) in [6.45, 7) is 6.01. The number of aromatic nitrogens is 2. The highest BCUT2D eigenvalue weighted by Gasteiger charge is 2.23. The molecule has 0 spiro atoms. The Hall–Kier alpha value is -1.36. The molecule has 18 heavy (non-hydrogen) atoms. The maximum absolute atomic E-state index is 10.6. The van der Waals surface area contributed by atoms with Crippen molar-refractivity contribution in [2.24, 2.45) is 5.92 Å². The Labute approximate surface area is 107 Å². The number of hydrogen-bond donors (Lipinski definition) is 1. The van der Waals surface area contributed by atoms with Crippen molar-refractivity contribution in [2.75, 3.05) is 13.1 Å². The van der Waals surface area contributed by atoms with Crippen molar-refractivity contribution in [3.8, 4) is 0 Å². The van der Waals surface area contributed by atoms with E-state index in [-0.39, 0.29) is 0 Å². The lowest BCUT2D eigenvalue weighted by Crippen LogP contribution is -2.22. The summed E-state index contributed by atoms with van der Waals surface area (Å²) in [6, 6.07) is 2.06. The van der Waals surface area contributed by atoms with Crippen LogP contribution in [0.1, 0.15) is 31.9 Å². The zero-order chi connectivity index (χ0) is 13.0. The standard InChI is InChI=1S/C13H21N3O2/c1-2-16-12(5-7-14-16)10-15-8-6-11(9-15)3-4-13(17)18/h5,7,11H,2-4,6,8-10H2,1H3,(H,17,18). The number of rotatable bonds is 6. The predicted molar refractivity (Wildman–Crippen MR) is 68.2 cm³/mol. The van der Waals surface area contributed by atoms with Gasteiger partial charge in [0.15, 0.2) is 0 Å². The molecule has 1 N–H and O–H groups in total. The number of nitrogens with zero attached hydrogens (tertiary/aromatic N) is 3. The Morgan fingerprint density at radius 2 is 2.44 bits per heavy atom. The highest BCUT2D eigenvalue weighted by Crippen LogP contribution is 2.22. The van der Waals surface area contributed by atoms with E-state index in [4.69, 9.17) is 5.11 Å². The van der Waals surface area contributed by atoms with E-state index >= 15 is 0 Å². The molecule has 0 saturated carbocycles. The van der Waals surface area contributed by atoms with Crippen LogP contribution in [0.2, 0.25) is 0 Å². The van der Waals surface area contributed by atoms with Crippen molar-refractivity contribution in [1.82, 2.24) is 14.7 Å². The van der Waals surface area contributed by atoms with E-state index in [1.807, 2.05) is 10.9 Å². The molecule has 0 aliphatic carbocycles. The maximum Gasteiger partial charge on any atom is 0.303 e. The molecule has 2 rings (SSSR count). The van der Waals surface area contributed by atoms with E-state index in [1.54, 1.807) is 0 Å². The molecule has 100 valence electrons. The molecule has 1 fully saturated rings. The van der Waals surface area contributed by atoms with Crippen molar-refractivity contribution in [2.45, 2.75) is 39.3 Å². The SMILES string of the molecule is CCn1nccc1CN1CCC(CCC(=O)O)C1. The largest absolute Gasteiger partial charge is 0.481 e. The molecule has 0 radical (unpaired) electrons. The molecule has 0 bridgehead atoms. The van der Waals surface area contributed by atoms with Gasteiger partial charge in [-0.25, -0.2) is 0 Å². The van der Waals surface area contributed by atoms with Crippen LogP contribution in [0.3, 0.4) is 0 Å². The van der Waals surface area contributed by atoms with E-state index in [1.165, 1.54) is 5.69 Å². The Kier molecular flexibility index (Phi) is 4.36. The number of carbonyl (C=O) groups is 1. The minimum atomic E-state index is -0.683. The number of likely N-dealkylation sites (tertiary alicyclic amines) is 1. The number of aliphatic carboxylic acids is 1. The van der Waals surface area contributed by atoms with Gasteiger partial charge < -0.3 is 5.11 Å². The molecule has 1 aliphatic heterocycles. The van der Waals surface area contributed by atoms with Crippen molar-refractivity contribution in [1.29, 1.82) is 0 Å². The third-order valence-electron chi connectivity index (χ3n) is 3.63. The van der Waals surface area contributed by atoms with Crippen LogP contribution in [0, 0.1) is 5.92 Å². The zero-order valence-corrected chi connectivity index (χ0v) is 10.9. The van der Waals surface area contributed by atoms with Gasteiger partial charge in [-0.05, 0) is 38.3 Å². The average Bonchev–Trinajstić information content (AvgIpc) is 2.96. The predicted octanol–water partition coefficient (Wildman–Crippen LogP) is 1.59. The second kappa shape index (κ2) is 6.00. The first-order chi connectivity index (χ1) is 8.69. The second-order valence-corrected chi connectivity index (χ2v) is 4.96. The van der Waals surface area contributed by atoms with E-state index < -0.39 is 5.97 Å². The van der Waals surface area contributed by atoms with Crippen LogP contribution < -0.4 is 0 Å². The summed E-state index contributed by atoms with van der Waals surface area (Å²) in [7, 11) is 0. The third-order valence-corrected chi connectivity index (χ3v) is 3.63. The first kappa shape index (κ1) is 13.1. The van der Waals surface area contributed by atoms with Crippen LogP contribution in [0.15, 0.2) is 12.3 Å². The fraction of sp³-hybridized carbons (Fsp3) is 0.692. The monoisotopic (exact) mass is 251 g/mol. The molecule has 1 atom stereocenters. The van der Waals surface area contributed by atoms with E-state index in [0.717, 1.165) is 39.0 Å². The molecule has 0 amide bonds. The van der Waals surface area contributed by atoms with Crippen LogP contribution in [-0.4, -0.2) is 38.8 Å². The molecular weight excluding hydrogens is 230 g/mol. The zero-order valence-electron chi connectivity index (χ0n) is 10.9. The lowest BCUT2D eigenvalue weighted by atomic mass is 10.0. The summed E-state index contributed by atoms with van der Waals surface area (Å²) in [5, 5.41) is 13.0. The molecule has 1 aliphatic rings. The average molecular weight is 251 g/mol. The van der Waals surface area contributed by atoms with E-state index in [0.29, 0.717) is 12.3 Å². The van der Waals surface area contributed by atoms with Crippen LogP contribution in [-0.2, 0) is 17.9 Å². The molecule has 1 aromatic heterocycles. The first-order valence-corrected chi connectivity index (χ1v) is 6.64. The maximum atomic E-state index is 10.6. The topological polar surface area (TPSA) is 58.4 Å². The Bertz CT molecular complexity index is 403. The normalized spacial score (nSPS) is 20.4. The third kappa shape index (κ3) is 3.32. The molecule has 1 aromatic rings. The fourth-order valence-corrected chi connectivity index (χ4v) is 2.63. The smallest absolute Gasteiger partial charge is 0.303 e. The summed E-state index contributed by atoms with van der Waals surface area (Å²) in [5.41, 5.74) is 1.25. The van der Waals surface area contributed by atoms with E-state index in [9.17, 15) is 4.79 Å². The lowest BCUT2D eigenvalue weighted by Gasteiger charge is -2.16. The fourth-order valence-electron chi connectivity index (χ4n) is 2.63. The van der Waals surface area contributed by atoms with Gasteiger partial charge in [0.2, 0.25) is 0 Å². The van der Waals surface area contributed by atoms with Gasteiger partial charge in [0, 0.05) is 32.3 Å². The summed E-state index contributed by atoms with van der Waals surface area (Å²) in [6.07, 6.45) is 4.06. The second-order valence-electron chi connectivity index (χ2n) is 4.96. The Morgan fingerprint density at radius 1 is 1.61 bits per heavy atom. The van der Waals surface area contributed by atoms with Crippen molar-refractivity contribution in [3.63, 3.8) is 0 Å². The minimum Gasteiger partial charge on any atom is -0.481 e. The van der Waals surface area contributed by atoms with Crippen LogP contribution in [0.5, 0.6) is 0 Å². The van der Waals surface area contributed by atoms with Crippen LogP contribution in [0.4, 0.5) is 0 Å². The van der Waals surface area contributed by atoms with Gasteiger partial charge in [-0.3, -0.25) is 14.4 Å². The minimum absolute atomic E-state index is 0.297. The number of carboxylic acids is 1. The quantitative estimate of drug-likeness (QED) is 0.834. The summed E-state index contributed by atoms with van der Waals surface area (Å²) < 4.78 is 2.02. The summed E-state index contributed by atoms with van der Waals surface area (Å²) >= 11 is 0. The first-order valence-electron chi connectivity index (χ1n) is 6.64.